The van der Waals surface area contributed by atoms with Crippen molar-refractivity contribution in [1.29, 1.82) is 0 Å². The van der Waals surface area contributed by atoms with Crippen LogP contribution in [0.15, 0.2) is 58.5 Å². The highest BCUT2D eigenvalue weighted by molar-refractivity contribution is 8.00. The molecule has 0 bridgehead atoms. The average Bonchev–Trinajstić information content (AvgIpc) is 2.65. The summed E-state index contributed by atoms with van der Waals surface area (Å²) in [6.07, 6.45) is 0. The predicted molar refractivity (Wildman–Crippen MR) is 111 cm³/mol. The number of carbonyl (C=O) groups excluding carboxylic acids is 1. The lowest BCUT2D eigenvalue weighted by Crippen LogP contribution is -2.33. The minimum absolute atomic E-state index is 0.167. The number of nitrogen functional groups attached to an aromatic ring is 1. The molecule has 0 fully saturated rings. The summed E-state index contributed by atoms with van der Waals surface area (Å²) in [5.74, 6) is 5.61. The molecule has 0 radical (unpaired) electrons. The van der Waals surface area contributed by atoms with E-state index < -0.39 is 10.8 Å². The van der Waals surface area contributed by atoms with Crippen molar-refractivity contribution in [3.63, 3.8) is 0 Å². The highest BCUT2D eigenvalue weighted by atomic mass is 32.2. The summed E-state index contributed by atoms with van der Waals surface area (Å²) in [4.78, 5) is 25.2. The summed E-state index contributed by atoms with van der Waals surface area (Å²) in [6.45, 7) is 5.48. The van der Waals surface area contributed by atoms with Gasteiger partial charge in [0.15, 0.2) is 0 Å². The molecule has 3 aromatic rings. The normalized spacial score (nSPS) is 11.8. The van der Waals surface area contributed by atoms with Crippen LogP contribution < -0.4 is 16.7 Å². The number of amides is 1. The van der Waals surface area contributed by atoms with Crippen LogP contribution in [0, 0.1) is 20.8 Å². The summed E-state index contributed by atoms with van der Waals surface area (Å²) in [6, 6.07) is 15.1. The summed E-state index contributed by atoms with van der Waals surface area (Å²) in [5, 5.41) is 10.3. The first-order valence-electron chi connectivity index (χ1n) is 8.67. The molecule has 8 heteroatoms. The number of anilines is 1. The SMILES string of the molecule is Cc1cc(C)cc(NC(=O)C(Sc2nnc(C)c(=O)n2N)c2ccccc2)c1. The molecule has 0 aliphatic carbocycles. The van der Waals surface area contributed by atoms with Crippen molar-refractivity contribution in [2.45, 2.75) is 31.2 Å². The summed E-state index contributed by atoms with van der Waals surface area (Å²) < 4.78 is 0.924. The van der Waals surface area contributed by atoms with Crippen LogP contribution in [-0.2, 0) is 4.79 Å². The summed E-state index contributed by atoms with van der Waals surface area (Å²) >= 11 is 1.08. The van der Waals surface area contributed by atoms with Gasteiger partial charge < -0.3 is 11.2 Å². The standard InChI is InChI=1S/C20H21N5O2S/c1-12-9-13(2)11-16(10-12)22-18(26)17(15-7-5-4-6-8-15)28-20-24-23-14(3)19(27)25(20)21/h4-11,17H,21H2,1-3H3,(H,22,26). The first-order valence-corrected chi connectivity index (χ1v) is 9.55. The van der Waals surface area contributed by atoms with Crippen molar-refractivity contribution in [3.05, 3.63) is 81.3 Å². The zero-order valence-electron chi connectivity index (χ0n) is 15.8. The number of hydrogen-bond donors (Lipinski definition) is 2. The molecule has 0 saturated heterocycles. The molecule has 0 spiro atoms. The van der Waals surface area contributed by atoms with Gasteiger partial charge in [-0.1, -0.05) is 48.2 Å². The number of hydrogen-bond acceptors (Lipinski definition) is 6. The van der Waals surface area contributed by atoms with E-state index in [-0.39, 0.29) is 16.8 Å². The number of rotatable bonds is 5. The Balaban J connectivity index is 1.95. The molecule has 1 aromatic heterocycles. The third kappa shape index (κ3) is 4.40. The second-order valence-electron chi connectivity index (χ2n) is 6.52. The maximum absolute atomic E-state index is 13.1. The van der Waals surface area contributed by atoms with Gasteiger partial charge in [-0.05, 0) is 49.6 Å². The van der Waals surface area contributed by atoms with E-state index in [1.165, 1.54) is 6.92 Å². The highest BCUT2D eigenvalue weighted by Crippen LogP contribution is 2.34. The van der Waals surface area contributed by atoms with Crippen molar-refractivity contribution in [2.24, 2.45) is 0 Å². The average molecular weight is 395 g/mol. The molecule has 1 amide bonds. The number of nitrogens with two attached hydrogens (primary N) is 1. The first-order chi connectivity index (χ1) is 13.3. The van der Waals surface area contributed by atoms with E-state index in [1.54, 1.807) is 0 Å². The molecule has 0 aliphatic heterocycles. The second kappa shape index (κ2) is 8.26. The van der Waals surface area contributed by atoms with Gasteiger partial charge >= 0.3 is 0 Å². The Hall–Kier alpha value is -3.13. The smallest absolute Gasteiger partial charge is 0.294 e. The monoisotopic (exact) mass is 395 g/mol. The molecular formula is C20H21N5O2S. The number of aromatic nitrogens is 3. The Kier molecular flexibility index (Phi) is 5.79. The van der Waals surface area contributed by atoms with Gasteiger partial charge in [-0.25, -0.2) is 0 Å². The molecule has 3 N–H and O–H groups in total. The Labute approximate surface area is 167 Å². The van der Waals surface area contributed by atoms with Gasteiger partial charge in [-0.15, -0.1) is 10.2 Å². The van der Waals surface area contributed by atoms with Crippen LogP contribution >= 0.6 is 11.8 Å². The van der Waals surface area contributed by atoms with E-state index >= 15 is 0 Å². The van der Waals surface area contributed by atoms with Crippen LogP contribution in [0.4, 0.5) is 5.69 Å². The van der Waals surface area contributed by atoms with Crippen molar-refractivity contribution in [3.8, 4) is 0 Å². The van der Waals surface area contributed by atoms with Crippen LogP contribution in [-0.4, -0.2) is 20.8 Å². The van der Waals surface area contributed by atoms with E-state index in [1.807, 2.05) is 62.4 Å². The minimum Gasteiger partial charge on any atom is -0.334 e. The molecule has 144 valence electrons. The third-order valence-electron chi connectivity index (χ3n) is 4.07. The lowest BCUT2D eigenvalue weighted by Gasteiger charge is -2.18. The number of nitrogens with zero attached hydrogens (tertiary/aromatic N) is 3. The maximum atomic E-state index is 13.1. The van der Waals surface area contributed by atoms with Gasteiger partial charge in [0, 0.05) is 5.69 Å². The van der Waals surface area contributed by atoms with Gasteiger partial charge in [0.1, 0.15) is 10.9 Å². The van der Waals surface area contributed by atoms with Crippen LogP contribution in [0.2, 0.25) is 0 Å². The molecule has 1 atom stereocenters. The van der Waals surface area contributed by atoms with Crippen molar-refractivity contribution >= 4 is 23.4 Å². The van der Waals surface area contributed by atoms with Gasteiger partial charge in [-0.3, -0.25) is 9.59 Å². The molecule has 3 rings (SSSR count). The van der Waals surface area contributed by atoms with Crippen molar-refractivity contribution in [2.75, 3.05) is 11.2 Å². The quantitative estimate of drug-likeness (QED) is 0.509. The third-order valence-corrected chi connectivity index (χ3v) is 5.28. The number of thioether (sulfide) groups is 1. The van der Waals surface area contributed by atoms with Crippen molar-refractivity contribution in [1.82, 2.24) is 14.9 Å². The lowest BCUT2D eigenvalue weighted by atomic mass is 10.1. The van der Waals surface area contributed by atoms with Crippen LogP contribution in [0.5, 0.6) is 0 Å². The zero-order chi connectivity index (χ0) is 20.3. The van der Waals surface area contributed by atoms with E-state index in [9.17, 15) is 9.59 Å². The number of aryl methyl sites for hydroxylation is 3. The Morgan fingerprint density at radius 2 is 1.71 bits per heavy atom. The molecule has 28 heavy (non-hydrogen) atoms. The molecule has 7 nitrogen and oxygen atoms in total. The fourth-order valence-electron chi connectivity index (χ4n) is 2.81. The molecule has 0 saturated carbocycles. The molecule has 2 aromatic carbocycles. The number of carbonyl (C=O) groups is 1. The van der Waals surface area contributed by atoms with Gasteiger partial charge in [0.05, 0.1) is 0 Å². The minimum atomic E-state index is -0.659. The predicted octanol–water partition coefficient (Wildman–Crippen LogP) is 2.75. The molecular weight excluding hydrogens is 374 g/mol. The van der Waals surface area contributed by atoms with E-state index in [0.717, 1.165) is 33.1 Å². The molecule has 0 aliphatic rings. The molecule has 1 heterocycles. The van der Waals surface area contributed by atoms with E-state index in [4.69, 9.17) is 5.84 Å². The Bertz CT molecular complexity index is 1050. The lowest BCUT2D eigenvalue weighted by molar-refractivity contribution is -0.115. The van der Waals surface area contributed by atoms with E-state index in [2.05, 4.69) is 15.5 Å². The second-order valence-corrected chi connectivity index (χ2v) is 7.59. The van der Waals surface area contributed by atoms with Crippen LogP contribution in [0.25, 0.3) is 0 Å². The number of benzene rings is 2. The van der Waals surface area contributed by atoms with Gasteiger partial charge in [-0.2, -0.15) is 4.68 Å². The summed E-state index contributed by atoms with van der Waals surface area (Å²) in [7, 11) is 0. The van der Waals surface area contributed by atoms with Gasteiger partial charge in [0.2, 0.25) is 11.1 Å². The molecule has 1 unspecified atom stereocenters. The highest BCUT2D eigenvalue weighted by Gasteiger charge is 2.25. The van der Waals surface area contributed by atoms with Crippen LogP contribution in [0.1, 0.15) is 27.6 Å². The topological polar surface area (TPSA) is 103 Å². The van der Waals surface area contributed by atoms with E-state index in [0.29, 0.717) is 5.69 Å². The fraction of sp³-hybridized carbons (Fsp3) is 0.200. The Morgan fingerprint density at radius 1 is 1.07 bits per heavy atom. The Morgan fingerprint density at radius 3 is 2.36 bits per heavy atom. The first kappa shape index (κ1) is 19.6. The van der Waals surface area contributed by atoms with Crippen molar-refractivity contribution < 1.29 is 4.79 Å². The maximum Gasteiger partial charge on any atom is 0.294 e. The fourth-order valence-corrected chi connectivity index (χ4v) is 3.77. The number of nitrogens with one attached hydrogen (secondary N) is 1. The largest absolute Gasteiger partial charge is 0.334 e. The van der Waals surface area contributed by atoms with Crippen LogP contribution in [0.3, 0.4) is 0 Å². The van der Waals surface area contributed by atoms with Gasteiger partial charge in [0.25, 0.3) is 5.56 Å². The zero-order valence-corrected chi connectivity index (χ0v) is 16.7. The summed E-state index contributed by atoms with van der Waals surface area (Å²) in [5.41, 5.74) is 3.34.